The smallest absolute Gasteiger partial charge is 0.446 e. The fraction of sp³-hybridized carbons (Fsp3) is 0.200. The number of ether oxygens (including phenoxy) is 1. The summed E-state index contributed by atoms with van der Waals surface area (Å²) in [5.74, 6) is 1.02. The fourth-order valence-corrected chi connectivity index (χ4v) is 2.85. The lowest BCUT2D eigenvalue weighted by molar-refractivity contribution is 0.261. The third-order valence-electron chi connectivity index (χ3n) is 3.51. The average Bonchev–Trinajstić information content (AvgIpc) is 2.46. The zero-order valence-corrected chi connectivity index (χ0v) is 12.3. The molecule has 0 amide bonds. The van der Waals surface area contributed by atoms with Crippen LogP contribution in [0.2, 0.25) is 0 Å². The van der Waals surface area contributed by atoms with Crippen molar-refractivity contribution >= 4 is 10.4 Å². The largest absolute Gasteiger partial charge is 0.508 e. The molecule has 0 bridgehead atoms. The Hall–Kier alpha value is -2.25. The van der Waals surface area contributed by atoms with Gasteiger partial charge in [0.05, 0.1) is 6.61 Å². The Bertz CT molecular complexity index is 782. The molecule has 3 rings (SSSR count). The first-order valence-corrected chi connectivity index (χ1v) is 7.99. The van der Waals surface area contributed by atoms with Crippen LogP contribution < -0.4 is 8.92 Å². The summed E-state index contributed by atoms with van der Waals surface area (Å²) in [7, 11) is -4.51. The summed E-state index contributed by atoms with van der Waals surface area (Å²) in [6.45, 7) is 0.467. The molecule has 0 saturated heterocycles. The SMILES string of the molecule is O=S(=O)(O)Oc1ccc([C@@H]2COc3cc(O)ccc3C2)cc1. The lowest BCUT2D eigenvalue weighted by Crippen LogP contribution is -2.19. The van der Waals surface area contributed by atoms with Crippen molar-refractivity contribution < 1.29 is 27.0 Å². The van der Waals surface area contributed by atoms with Gasteiger partial charge in [-0.05, 0) is 35.7 Å². The van der Waals surface area contributed by atoms with E-state index in [-0.39, 0.29) is 17.4 Å². The molecule has 2 N–H and O–H groups in total. The van der Waals surface area contributed by atoms with E-state index >= 15 is 0 Å². The summed E-state index contributed by atoms with van der Waals surface area (Å²) in [6.07, 6.45) is 0.758. The summed E-state index contributed by atoms with van der Waals surface area (Å²) in [4.78, 5) is 0. The summed E-state index contributed by atoms with van der Waals surface area (Å²) in [5.41, 5.74) is 1.98. The van der Waals surface area contributed by atoms with E-state index in [9.17, 15) is 13.5 Å². The molecule has 0 aromatic heterocycles. The van der Waals surface area contributed by atoms with Gasteiger partial charge in [0.15, 0.2) is 0 Å². The van der Waals surface area contributed by atoms with Crippen molar-refractivity contribution in [2.45, 2.75) is 12.3 Å². The molecule has 2 aromatic rings. The van der Waals surface area contributed by atoms with Crippen molar-refractivity contribution in [2.75, 3.05) is 6.61 Å². The standard InChI is InChI=1S/C15H14O6S/c16-13-4-1-11-7-12(9-20-15(11)8-13)10-2-5-14(6-3-10)21-22(17,18)19/h1-6,8,12,16H,7,9H2,(H,17,18,19)/t12-/m0/s1. The monoisotopic (exact) mass is 322 g/mol. The van der Waals surface area contributed by atoms with Gasteiger partial charge in [0.25, 0.3) is 0 Å². The fourth-order valence-electron chi connectivity index (χ4n) is 2.49. The normalized spacial score (nSPS) is 17.4. The third-order valence-corrected chi connectivity index (χ3v) is 3.91. The summed E-state index contributed by atoms with van der Waals surface area (Å²) in [5, 5.41) is 9.43. The maximum atomic E-state index is 10.6. The molecule has 0 radical (unpaired) electrons. The van der Waals surface area contributed by atoms with Crippen LogP contribution >= 0.6 is 0 Å². The van der Waals surface area contributed by atoms with Gasteiger partial charge in [-0.1, -0.05) is 18.2 Å². The quantitative estimate of drug-likeness (QED) is 0.842. The maximum Gasteiger partial charge on any atom is 0.446 e. The molecular weight excluding hydrogens is 308 g/mol. The second kappa shape index (κ2) is 5.51. The van der Waals surface area contributed by atoms with Crippen molar-refractivity contribution in [3.8, 4) is 17.2 Å². The molecule has 2 aromatic carbocycles. The number of rotatable bonds is 3. The lowest BCUT2D eigenvalue weighted by Gasteiger charge is -2.25. The summed E-state index contributed by atoms with van der Waals surface area (Å²) < 4.78 is 40.0. The highest BCUT2D eigenvalue weighted by Crippen LogP contribution is 2.34. The van der Waals surface area contributed by atoms with Crippen LogP contribution in [0.5, 0.6) is 17.2 Å². The van der Waals surface area contributed by atoms with Crippen molar-refractivity contribution in [2.24, 2.45) is 0 Å². The van der Waals surface area contributed by atoms with Gasteiger partial charge >= 0.3 is 10.4 Å². The van der Waals surface area contributed by atoms with Crippen LogP contribution in [0.3, 0.4) is 0 Å². The van der Waals surface area contributed by atoms with Gasteiger partial charge in [-0.15, -0.1) is 0 Å². The van der Waals surface area contributed by atoms with Crippen LogP contribution in [0.25, 0.3) is 0 Å². The number of phenols is 1. The van der Waals surface area contributed by atoms with Crippen molar-refractivity contribution in [1.29, 1.82) is 0 Å². The molecule has 0 unspecified atom stereocenters. The Morgan fingerprint density at radius 2 is 1.86 bits per heavy atom. The van der Waals surface area contributed by atoms with Crippen molar-refractivity contribution in [3.63, 3.8) is 0 Å². The van der Waals surface area contributed by atoms with Crippen LogP contribution in [0.1, 0.15) is 17.0 Å². The highest BCUT2D eigenvalue weighted by Gasteiger charge is 2.22. The molecular formula is C15H14O6S. The van der Waals surface area contributed by atoms with E-state index < -0.39 is 10.4 Å². The van der Waals surface area contributed by atoms with Gasteiger partial charge in [-0.3, -0.25) is 4.55 Å². The Kier molecular flexibility index (Phi) is 3.67. The number of aromatic hydroxyl groups is 1. The van der Waals surface area contributed by atoms with Crippen LogP contribution in [0.4, 0.5) is 0 Å². The number of fused-ring (bicyclic) bond motifs is 1. The Morgan fingerprint density at radius 1 is 1.14 bits per heavy atom. The first kappa shape index (κ1) is 14.7. The van der Waals surface area contributed by atoms with E-state index in [1.54, 1.807) is 24.3 Å². The van der Waals surface area contributed by atoms with Crippen LogP contribution in [0, 0.1) is 0 Å². The first-order valence-electron chi connectivity index (χ1n) is 6.62. The molecule has 1 aliphatic heterocycles. The molecule has 1 atom stereocenters. The molecule has 0 spiro atoms. The summed E-state index contributed by atoms with van der Waals surface area (Å²) >= 11 is 0. The minimum atomic E-state index is -4.51. The van der Waals surface area contributed by atoms with Gasteiger partial charge < -0.3 is 14.0 Å². The number of hydrogen-bond donors (Lipinski definition) is 2. The molecule has 116 valence electrons. The van der Waals surface area contributed by atoms with Gasteiger partial charge in [0.2, 0.25) is 0 Å². The number of benzene rings is 2. The minimum absolute atomic E-state index is 0.0494. The van der Waals surface area contributed by atoms with Gasteiger partial charge in [0, 0.05) is 12.0 Å². The van der Waals surface area contributed by atoms with E-state index in [2.05, 4.69) is 4.18 Å². The molecule has 7 heteroatoms. The summed E-state index contributed by atoms with van der Waals surface area (Å²) in [6, 6.07) is 11.5. The molecule has 1 heterocycles. The van der Waals surface area contributed by atoms with E-state index in [0.29, 0.717) is 12.4 Å². The van der Waals surface area contributed by atoms with E-state index in [1.165, 1.54) is 12.1 Å². The average molecular weight is 322 g/mol. The van der Waals surface area contributed by atoms with E-state index in [1.807, 2.05) is 6.07 Å². The van der Waals surface area contributed by atoms with E-state index in [4.69, 9.17) is 9.29 Å². The highest BCUT2D eigenvalue weighted by molar-refractivity contribution is 7.81. The molecule has 0 fully saturated rings. The van der Waals surface area contributed by atoms with E-state index in [0.717, 1.165) is 17.5 Å². The number of phenolic OH excluding ortho intramolecular Hbond substituents is 1. The topological polar surface area (TPSA) is 93.1 Å². The predicted octanol–water partition coefficient (Wildman–Crippen LogP) is 2.29. The number of hydrogen-bond acceptors (Lipinski definition) is 5. The maximum absolute atomic E-state index is 10.6. The molecule has 1 aliphatic rings. The highest BCUT2D eigenvalue weighted by atomic mass is 32.3. The molecule has 6 nitrogen and oxygen atoms in total. The Morgan fingerprint density at radius 3 is 2.55 bits per heavy atom. The Labute approximate surface area is 127 Å². The van der Waals surface area contributed by atoms with Crippen molar-refractivity contribution in [1.82, 2.24) is 0 Å². The molecule has 0 aliphatic carbocycles. The van der Waals surface area contributed by atoms with Crippen LogP contribution in [0.15, 0.2) is 42.5 Å². The zero-order chi connectivity index (χ0) is 15.7. The van der Waals surface area contributed by atoms with Crippen LogP contribution in [-0.2, 0) is 16.8 Å². The van der Waals surface area contributed by atoms with Crippen molar-refractivity contribution in [3.05, 3.63) is 53.6 Å². The predicted molar refractivity (Wildman–Crippen MR) is 78.7 cm³/mol. The third kappa shape index (κ3) is 3.32. The van der Waals surface area contributed by atoms with Gasteiger partial charge in [-0.2, -0.15) is 8.42 Å². The zero-order valence-electron chi connectivity index (χ0n) is 11.5. The van der Waals surface area contributed by atoms with Gasteiger partial charge in [-0.25, -0.2) is 0 Å². The minimum Gasteiger partial charge on any atom is -0.508 e. The lowest BCUT2D eigenvalue weighted by atomic mass is 9.90. The molecule has 0 saturated carbocycles. The first-order chi connectivity index (χ1) is 10.4. The van der Waals surface area contributed by atoms with Gasteiger partial charge in [0.1, 0.15) is 17.2 Å². The van der Waals surface area contributed by atoms with Crippen LogP contribution in [-0.4, -0.2) is 24.7 Å². The Balaban J connectivity index is 1.77. The second-order valence-electron chi connectivity index (χ2n) is 5.08. The second-order valence-corrected chi connectivity index (χ2v) is 6.11. The molecule has 22 heavy (non-hydrogen) atoms.